The summed E-state index contributed by atoms with van der Waals surface area (Å²) in [5.41, 5.74) is 2.62. The Hall–Kier alpha value is -3.33. The number of hydrogen-bond acceptors (Lipinski definition) is 4. The van der Waals surface area contributed by atoms with Gasteiger partial charge < -0.3 is 5.32 Å². The molecule has 0 radical (unpaired) electrons. The number of aromatic nitrogens is 2. The summed E-state index contributed by atoms with van der Waals surface area (Å²) < 4.78 is 32.7. The lowest BCUT2D eigenvalue weighted by Gasteiger charge is -2.31. The van der Waals surface area contributed by atoms with Gasteiger partial charge in [-0.05, 0) is 69.7 Å². The summed E-state index contributed by atoms with van der Waals surface area (Å²) in [6.07, 6.45) is 4.04. The summed E-state index contributed by atoms with van der Waals surface area (Å²) in [7, 11) is -2.55. The van der Waals surface area contributed by atoms with Gasteiger partial charge in [0.1, 0.15) is 12.2 Å². The first-order valence-corrected chi connectivity index (χ1v) is 14.6. The Morgan fingerprint density at radius 2 is 1.63 bits per heavy atom. The van der Waals surface area contributed by atoms with Crippen molar-refractivity contribution < 1.29 is 13.2 Å². The van der Waals surface area contributed by atoms with E-state index in [1.165, 1.54) is 4.68 Å². The molecule has 38 heavy (non-hydrogen) atoms. The van der Waals surface area contributed by atoms with Crippen molar-refractivity contribution in [1.82, 2.24) is 14.7 Å². The minimum atomic E-state index is -4.27. The lowest BCUT2D eigenvalue weighted by atomic mass is 9.86. The number of anilines is 1. The molecule has 4 rings (SSSR count). The molecule has 1 aromatic heterocycles. The third-order valence-electron chi connectivity index (χ3n) is 7.67. The van der Waals surface area contributed by atoms with Crippen molar-refractivity contribution in [2.24, 2.45) is 13.0 Å². The molecule has 204 valence electrons. The molecule has 0 saturated heterocycles. The molecule has 1 amide bonds. The Balaban J connectivity index is 1.86. The fraction of sp³-hybridized carbons (Fsp3) is 0.448. The number of para-hydroxylation sites is 1. The number of carbonyl (C=O) groups is 1. The quantitative estimate of drug-likeness (QED) is 0.485. The first-order chi connectivity index (χ1) is 17.9. The zero-order chi connectivity index (χ0) is 27.8. The Bertz CT molecular complexity index is 1480. The lowest BCUT2D eigenvalue weighted by molar-refractivity contribution is -0.120. The monoisotopic (exact) mass is 538 g/mol. The van der Waals surface area contributed by atoms with Gasteiger partial charge in [-0.25, -0.2) is 17.4 Å². The molecule has 2 aromatic carbocycles. The molecule has 1 saturated carbocycles. The van der Waals surface area contributed by atoms with E-state index in [4.69, 9.17) is 0 Å². The van der Waals surface area contributed by atoms with Crippen LogP contribution in [0.3, 0.4) is 0 Å². The molecule has 8 nitrogen and oxygen atoms in total. The molecular weight excluding hydrogens is 500 g/mol. The maximum absolute atomic E-state index is 14.3. The van der Waals surface area contributed by atoms with Gasteiger partial charge in [-0.1, -0.05) is 55.7 Å². The van der Waals surface area contributed by atoms with Gasteiger partial charge in [-0.3, -0.25) is 14.3 Å². The van der Waals surface area contributed by atoms with Crippen molar-refractivity contribution in [3.8, 4) is 5.69 Å². The van der Waals surface area contributed by atoms with E-state index in [9.17, 15) is 18.0 Å². The summed E-state index contributed by atoms with van der Waals surface area (Å²) in [6, 6.07) is 12.7. The Kier molecular flexibility index (Phi) is 7.88. The lowest BCUT2D eigenvalue weighted by Crippen LogP contribution is -2.48. The molecule has 9 heteroatoms. The molecular formula is C29H38N4O4S. The SMILES string of the molecule is Cc1cc(C)c(S(=O)(=O)N(CC(=O)NC2CCCCC2C)c2c(C)n(C)n(-c3ccccc3)c2=O)c(C)c1. The van der Waals surface area contributed by atoms with E-state index in [0.29, 0.717) is 28.4 Å². The van der Waals surface area contributed by atoms with Crippen LogP contribution in [0.15, 0.2) is 52.2 Å². The Morgan fingerprint density at radius 1 is 1.03 bits per heavy atom. The fourth-order valence-electron chi connectivity index (χ4n) is 5.72. The van der Waals surface area contributed by atoms with Gasteiger partial charge in [0.05, 0.1) is 16.3 Å². The number of aryl methyl sites for hydroxylation is 3. The summed E-state index contributed by atoms with van der Waals surface area (Å²) in [5, 5.41) is 3.06. The van der Waals surface area contributed by atoms with Gasteiger partial charge in [0.2, 0.25) is 5.91 Å². The van der Waals surface area contributed by atoms with Crippen LogP contribution in [0.4, 0.5) is 5.69 Å². The van der Waals surface area contributed by atoms with E-state index >= 15 is 0 Å². The summed E-state index contributed by atoms with van der Waals surface area (Å²) in [6.45, 7) is 8.73. The topological polar surface area (TPSA) is 93.4 Å². The normalized spacial score (nSPS) is 17.8. The average Bonchev–Trinajstić information content (AvgIpc) is 3.06. The van der Waals surface area contributed by atoms with Crippen molar-refractivity contribution in [2.45, 2.75) is 71.2 Å². The molecule has 0 bridgehead atoms. The largest absolute Gasteiger partial charge is 0.352 e. The number of benzene rings is 2. The standard InChI is InChI=1S/C29H38N4O4S/c1-19-16-21(3)28(22(4)17-19)38(36,37)32(18-26(34)30-25-15-11-10-12-20(25)2)27-23(5)31(6)33(29(27)35)24-13-8-7-9-14-24/h7-9,13-14,16-17,20,25H,10-12,15,18H2,1-6H3,(H,30,34). The van der Waals surface area contributed by atoms with E-state index in [1.54, 1.807) is 44.6 Å². The van der Waals surface area contributed by atoms with E-state index in [-0.39, 0.29) is 16.6 Å². The van der Waals surface area contributed by atoms with Crippen LogP contribution in [0.25, 0.3) is 5.69 Å². The number of sulfonamides is 1. The second-order valence-corrected chi connectivity index (χ2v) is 12.4. The smallest absolute Gasteiger partial charge is 0.296 e. The highest BCUT2D eigenvalue weighted by atomic mass is 32.2. The van der Waals surface area contributed by atoms with Crippen LogP contribution >= 0.6 is 0 Å². The maximum atomic E-state index is 14.3. The van der Waals surface area contributed by atoms with Crippen molar-refractivity contribution in [3.63, 3.8) is 0 Å². The Morgan fingerprint density at radius 3 is 2.24 bits per heavy atom. The highest BCUT2D eigenvalue weighted by molar-refractivity contribution is 7.93. The van der Waals surface area contributed by atoms with E-state index in [1.807, 2.05) is 37.3 Å². The van der Waals surface area contributed by atoms with Gasteiger partial charge in [0.15, 0.2) is 0 Å². The van der Waals surface area contributed by atoms with Crippen molar-refractivity contribution in [1.29, 1.82) is 0 Å². The maximum Gasteiger partial charge on any atom is 0.296 e. The predicted molar refractivity (Wildman–Crippen MR) is 150 cm³/mol. The van der Waals surface area contributed by atoms with Gasteiger partial charge in [0.25, 0.3) is 15.6 Å². The molecule has 1 fully saturated rings. The predicted octanol–water partition coefficient (Wildman–Crippen LogP) is 4.30. The number of carbonyl (C=O) groups excluding carboxylic acids is 1. The van der Waals surface area contributed by atoms with Crippen LogP contribution in [0.5, 0.6) is 0 Å². The number of nitrogens with one attached hydrogen (secondary N) is 1. The summed E-state index contributed by atoms with van der Waals surface area (Å²) in [4.78, 5) is 27.4. The number of rotatable bonds is 7. The highest BCUT2D eigenvalue weighted by Crippen LogP contribution is 2.30. The molecule has 1 aliphatic carbocycles. The van der Waals surface area contributed by atoms with Crippen LogP contribution in [0.1, 0.15) is 55.0 Å². The molecule has 1 N–H and O–H groups in total. The zero-order valence-electron chi connectivity index (χ0n) is 23.1. The highest BCUT2D eigenvalue weighted by Gasteiger charge is 2.36. The van der Waals surface area contributed by atoms with Crippen LogP contribution in [-0.2, 0) is 21.9 Å². The van der Waals surface area contributed by atoms with Gasteiger partial charge in [-0.2, -0.15) is 0 Å². The van der Waals surface area contributed by atoms with Crippen molar-refractivity contribution in [3.05, 3.63) is 75.2 Å². The van der Waals surface area contributed by atoms with Crippen LogP contribution in [-0.4, -0.2) is 36.3 Å². The minimum absolute atomic E-state index is 0.0125. The summed E-state index contributed by atoms with van der Waals surface area (Å²) >= 11 is 0. The van der Waals surface area contributed by atoms with Gasteiger partial charge in [0, 0.05) is 13.1 Å². The van der Waals surface area contributed by atoms with Gasteiger partial charge >= 0.3 is 0 Å². The minimum Gasteiger partial charge on any atom is -0.352 e. The van der Waals surface area contributed by atoms with E-state index < -0.39 is 28.0 Å². The van der Waals surface area contributed by atoms with Crippen molar-refractivity contribution >= 4 is 21.6 Å². The number of amides is 1. The molecule has 1 heterocycles. The number of nitrogens with zero attached hydrogens (tertiary/aromatic N) is 3. The molecule has 2 atom stereocenters. The molecule has 1 aliphatic rings. The van der Waals surface area contributed by atoms with E-state index in [0.717, 1.165) is 35.6 Å². The molecule has 0 aliphatic heterocycles. The summed E-state index contributed by atoms with van der Waals surface area (Å²) in [5.74, 6) is -0.100. The van der Waals surface area contributed by atoms with Gasteiger partial charge in [-0.15, -0.1) is 0 Å². The first kappa shape index (κ1) is 27.7. The van der Waals surface area contributed by atoms with Crippen LogP contribution in [0.2, 0.25) is 0 Å². The van der Waals surface area contributed by atoms with Crippen molar-refractivity contribution in [2.75, 3.05) is 10.8 Å². The van der Waals surface area contributed by atoms with E-state index in [2.05, 4.69) is 12.2 Å². The Labute approximate surface area is 225 Å². The molecule has 0 spiro atoms. The van der Waals surface area contributed by atoms with Crippen LogP contribution < -0.4 is 15.2 Å². The fourth-order valence-corrected chi connectivity index (χ4v) is 7.61. The van der Waals surface area contributed by atoms with Crippen LogP contribution in [0, 0.1) is 33.6 Å². The third-order valence-corrected chi connectivity index (χ3v) is 9.72. The second-order valence-electron chi connectivity index (χ2n) is 10.6. The number of hydrogen-bond donors (Lipinski definition) is 1. The molecule has 2 unspecified atom stereocenters. The average molecular weight is 539 g/mol. The third kappa shape index (κ3) is 5.16. The zero-order valence-corrected chi connectivity index (χ0v) is 23.9. The second kappa shape index (κ2) is 10.8. The molecule has 3 aromatic rings. The first-order valence-electron chi connectivity index (χ1n) is 13.2.